The van der Waals surface area contributed by atoms with Gasteiger partial charge >= 0.3 is 5.97 Å². The Morgan fingerprint density at radius 2 is 2.04 bits per heavy atom. The Labute approximate surface area is 153 Å². The number of allylic oxidation sites excluding steroid dienone is 1. The number of ether oxygens (including phenoxy) is 2. The van der Waals surface area contributed by atoms with E-state index >= 15 is 0 Å². The summed E-state index contributed by atoms with van der Waals surface area (Å²) < 4.78 is 11.3. The normalized spacial score (nSPS) is 26.0. The molecule has 1 aromatic carbocycles. The predicted molar refractivity (Wildman–Crippen MR) is 100 cm³/mol. The number of benzene rings is 1. The third kappa shape index (κ3) is 3.63. The number of para-hydroxylation sites is 1. The highest BCUT2D eigenvalue weighted by Crippen LogP contribution is 2.35. The van der Waals surface area contributed by atoms with Gasteiger partial charge in [-0.25, -0.2) is 4.79 Å². The molecular weight excluding hydrogens is 336 g/mol. The van der Waals surface area contributed by atoms with Crippen LogP contribution < -0.4 is 15.4 Å². The maximum atomic E-state index is 13.0. The zero-order valence-electron chi connectivity index (χ0n) is 14.8. The van der Waals surface area contributed by atoms with Crippen molar-refractivity contribution < 1.29 is 14.3 Å². The average Bonchev–Trinajstić information content (AvgIpc) is 2.98. The standard InChI is InChI=1S/C19H24N2O3S/c1-11-7-6-10-14(11)24-18(22)16-12(2)20-19(25)21-17(16)13-8-4-5-9-15(13)23-3/h4-5,8-9,11,14,17H,6-7,10H2,1-3H3,(H2,20,21,25)/t11-,14-,17+/m0/s1. The molecule has 6 heteroatoms. The molecule has 25 heavy (non-hydrogen) atoms. The van der Waals surface area contributed by atoms with Crippen molar-refractivity contribution in [1.29, 1.82) is 0 Å². The van der Waals surface area contributed by atoms with Crippen LogP contribution in [0, 0.1) is 5.92 Å². The summed E-state index contributed by atoms with van der Waals surface area (Å²) in [6.07, 6.45) is 3.12. The second-order valence-electron chi connectivity index (χ2n) is 6.66. The number of thiocarbonyl (C=S) groups is 1. The summed E-state index contributed by atoms with van der Waals surface area (Å²) in [6, 6.07) is 7.23. The van der Waals surface area contributed by atoms with Crippen molar-refractivity contribution in [3.8, 4) is 5.75 Å². The Morgan fingerprint density at radius 1 is 1.28 bits per heavy atom. The molecule has 0 amide bonds. The Kier molecular flexibility index (Phi) is 5.27. The van der Waals surface area contributed by atoms with Crippen LogP contribution in [0.3, 0.4) is 0 Å². The first-order valence-electron chi connectivity index (χ1n) is 8.63. The van der Waals surface area contributed by atoms with E-state index in [4.69, 9.17) is 21.7 Å². The molecule has 0 radical (unpaired) electrons. The molecule has 1 aliphatic heterocycles. The van der Waals surface area contributed by atoms with Crippen molar-refractivity contribution in [3.05, 3.63) is 41.1 Å². The molecule has 2 N–H and O–H groups in total. The van der Waals surface area contributed by atoms with Crippen molar-refractivity contribution in [3.63, 3.8) is 0 Å². The lowest BCUT2D eigenvalue weighted by atomic mass is 9.94. The molecule has 2 aliphatic rings. The molecule has 3 rings (SSSR count). The lowest BCUT2D eigenvalue weighted by Gasteiger charge is -2.31. The second kappa shape index (κ2) is 7.44. The molecule has 0 saturated heterocycles. The van der Waals surface area contributed by atoms with Gasteiger partial charge in [-0.3, -0.25) is 0 Å². The maximum Gasteiger partial charge on any atom is 0.338 e. The summed E-state index contributed by atoms with van der Waals surface area (Å²) in [5.74, 6) is 0.812. The Morgan fingerprint density at radius 3 is 2.72 bits per heavy atom. The molecule has 3 atom stereocenters. The minimum absolute atomic E-state index is 0.0139. The highest BCUT2D eigenvalue weighted by atomic mass is 32.1. The van der Waals surface area contributed by atoms with E-state index in [1.807, 2.05) is 31.2 Å². The van der Waals surface area contributed by atoms with Gasteiger partial charge in [-0.2, -0.15) is 0 Å². The molecule has 5 nitrogen and oxygen atoms in total. The van der Waals surface area contributed by atoms with Gasteiger partial charge in [0, 0.05) is 11.3 Å². The van der Waals surface area contributed by atoms with E-state index in [-0.39, 0.29) is 12.1 Å². The summed E-state index contributed by atoms with van der Waals surface area (Å²) >= 11 is 5.29. The number of hydrogen-bond acceptors (Lipinski definition) is 4. The third-order valence-electron chi connectivity index (χ3n) is 4.98. The maximum absolute atomic E-state index is 13.0. The topological polar surface area (TPSA) is 59.6 Å². The summed E-state index contributed by atoms with van der Waals surface area (Å²) in [6.45, 7) is 3.99. The molecule has 0 aromatic heterocycles. The van der Waals surface area contributed by atoms with Crippen LogP contribution >= 0.6 is 12.2 Å². The number of hydrogen-bond donors (Lipinski definition) is 2. The Hall–Kier alpha value is -2.08. The first-order chi connectivity index (χ1) is 12.0. The predicted octanol–water partition coefficient (Wildman–Crippen LogP) is 3.22. The van der Waals surface area contributed by atoms with E-state index in [1.165, 1.54) is 0 Å². The summed E-state index contributed by atoms with van der Waals surface area (Å²) in [5, 5.41) is 6.71. The fraction of sp³-hybridized carbons (Fsp3) is 0.474. The number of nitrogens with one attached hydrogen (secondary N) is 2. The largest absolute Gasteiger partial charge is 0.496 e. The minimum Gasteiger partial charge on any atom is -0.496 e. The molecule has 134 valence electrons. The van der Waals surface area contributed by atoms with E-state index in [9.17, 15) is 4.79 Å². The van der Waals surface area contributed by atoms with Crippen molar-refractivity contribution in [2.75, 3.05) is 7.11 Å². The van der Waals surface area contributed by atoms with Gasteiger partial charge in [0.05, 0.1) is 18.7 Å². The van der Waals surface area contributed by atoms with E-state index in [2.05, 4.69) is 17.6 Å². The van der Waals surface area contributed by atoms with Crippen molar-refractivity contribution >= 4 is 23.3 Å². The van der Waals surface area contributed by atoms with Gasteiger partial charge in [-0.1, -0.05) is 25.1 Å². The first-order valence-corrected chi connectivity index (χ1v) is 9.04. The highest BCUT2D eigenvalue weighted by Gasteiger charge is 2.35. The third-order valence-corrected chi connectivity index (χ3v) is 5.20. The van der Waals surface area contributed by atoms with E-state index in [1.54, 1.807) is 7.11 Å². The highest BCUT2D eigenvalue weighted by molar-refractivity contribution is 7.80. The van der Waals surface area contributed by atoms with Crippen molar-refractivity contribution in [2.24, 2.45) is 5.92 Å². The molecular formula is C19H24N2O3S. The van der Waals surface area contributed by atoms with Gasteiger partial charge in [0.25, 0.3) is 0 Å². The second-order valence-corrected chi connectivity index (χ2v) is 7.07. The SMILES string of the molecule is COc1ccccc1[C@H]1NC(=S)NC(C)=C1C(=O)O[C@H]1CCC[C@@H]1C. The minimum atomic E-state index is -0.394. The first kappa shape index (κ1) is 17.7. The van der Waals surface area contributed by atoms with Crippen LogP contribution in [-0.2, 0) is 9.53 Å². The van der Waals surface area contributed by atoms with Crippen molar-refractivity contribution in [2.45, 2.75) is 45.3 Å². The lowest BCUT2D eigenvalue weighted by Crippen LogP contribution is -2.45. The summed E-state index contributed by atoms with van der Waals surface area (Å²) in [5.41, 5.74) is 2.13. The Bertz CT molecular complexity index is 716. The monoisotopic (exact) mass is 360 g/mol. The van der Waals surface area contributed by atoms with Gasteiger partial charge in [0.2, 0.25) is 0 Å². The van der Waals surface area contributed by atoms with Gasteiger partial charge in [-0.05, 0) is 50.4 Å². The molecule has 0 bridgehead atoms. The van der Waals surface area contributed by atoms with Crippen LogP contribution in [0.5, 0.6) is 5.75 Å². The fourth-order valence-electron chi connectivity index (χ4n) is 3.59. The van der Waals surface area contributed by atoms with Crippen LogP contribution in [0.4, 0.5) is 0 Å². The van der Waals surface area contributed by atoms with Crippen LogP contribution in [0.1, 0.15) is 44.7 Å². The number of rotatable bonds is 4. The molecule has 1 heterocycles. The molecule has 0 unspecified atom stereocenters. The quantitative estimate of drug-likeness (QED) is 0.635. The average molecular weight is 360 g/mol. The van der Waals surface area contributed by atoms with Gasteiger partial charge in [0.1, 0.15) is 11.9 Å². The molecule has 1 aromatic rings. The van der Waals surface area contributed by atoms with E-state index in [0.717, 1.165) is 30.5 Å². The van der Waals surface area contributed by atoms with Crippen LogP contribution in [0.25, 0.3) is 0 Å². The molecule has 1 fully saturated rings. The van der Waals surface area contributed by atoms with Crippen LogP contribution in [0.15, 0.2) is 35.5 Å². The number of carbonyl (C=O) groups excluding carboxylic acids is 1. The molecule has 1 saturated carbocycles. The van der Waals surface area contributed by atoms with Gasteiger partial charge in [0.15, 0.2) is 5.11 Å². The summed E-state index contributed by atoms with van der Waals surface area (Å²) in [4.78, 5) is 13.0. The number of esters is 1. The molecule has 0 spiro atoms. The van der Waals surface area contributed by atoms with Gasteiger partial charge < -0.3 is 20.1 Å². The summed E-state index contributed by atoms with van der Waals surface area (Å²) in [7, 11) is 1.62. The lowest BCUT2D eigenvalue weighted by molar-refractivity contribution is -0.146. The van der Waals surface area contributed by atoms with E-state index in [0.29, 0.717) is 22.4 Å². The smallest absolute Gasteiger partial charge is 0.338 e. The van der Waals surface area contributed by atoms with Crippen molar-refractivity contribution in [1.82, 2.24) is 10.6 Å². The Balaban J connectivity index is 1.93. The van der Waals surface area contributed by atoms with Crippen LogP contribution in [0.2, 0.25) is 0 Å². The number of methoxy groups -OCH3 is 1. The van der Waals surface area contributed by atoms with E-state index < -0.39 is 6.04 Å². The number of carbonyl (C=O) groups is 1. The zero-order valence-corrected chi connectivity index (χ0v) is 15.6. The fourth-order valence-corrected chi connectivity index (χ4v) is 3.86. The molecule has 1 aliphatic carbocycles. The zero-order chi connectivity index (χ0) is 18.0. The van der Waals surface area contributed by atoms with Gasteiger partial charge in [-0.15, -0.1) is 0 Å². The van der Waals surface area contributed by atoms with Crippen LogP contribution in [-0.4, -0.2) is 24.3 Å².